The molecule has 3 atom stereocenters. The van der Waals surface area contributed by atoms with Gasteiger partial charge in [-0.25, -0.2) is 0 Å². The van der Waals surface area contributed by atoms with Crippen LogP contribution in [-0.2, 0) is 14.3 Å². The average molecular weight is 470 g/mol. The highest BCUT2D eigenvalue weighted by molar-refractivity contribution is 6.00. The van der Waals surface area contributed by atoms with E-state index in [-0.39, 0.29) is 41.9 Å². The Morgan fingerprint density at radius 2 is 1.88 bits per heavy atom. The van der Waals surface area contributed by atoms with Crippen LogP contribution in [0.15, 0.2) is 18.2 Å². The third-order valence-electron chi connectivity index (χ3n) is 7.70. The third kappa shape index (κ3) is 5.22. The van der Waals surface area contributed by atoms with Gasteiger partial charge in [0.05, 0.1) is 24.1 Å². The van der Waals surface area contributed by atoms with Gasteiger partial charge in [-0.3, -0.25) is 14.4 Å². The lowest BCUT2D eigenvalue weighted by Gasteiger charge is -2.42. The molecule has 1 aromatic carbocycles. The van der Waals surface area contributed by atoms with E-state index in [1.54, 1.807) is 30.1 Å². The minimum Gasteiger partial charge on any atom is -0.490 e. The van der Waals surface area contributed by atoms with Crippen LogP contribution >= 0.6 is 0 Å². The summed E-state index contributed by atoms with van der Waals surface area (Å²) in [7, 11) is 1.80. The standard InChI is InChI=1S/C26H35N3O5/c1-29-21-10-9-19(13-24(30)27-14-16-6-7-16)34-23(21)15-33-22-11-8-18(12-20(22)26(29)32)28-25(31)17-4-2-3-5-17/h8,11-12,16-17,19,21,23H,2-7,9-10,13-15H2,1H3,(H,27,30)(H,28,31)/t19-,21+,23-/m1/s1. The van der Waals surface area contributed by atoms with Crippen molar-refractivity contribution in [2.45, 2.75) is 76.0 Å². The van der Waals surface area contributed by atoms with E-state index in [1.807, 2.05) is 0 Å². The van der Waals surface area contributed by atoms with Gasteiger partial charge in [0.1, 0.15) is 18.5 Å². The first-order chi connectivity index (χ1) is 16.5. The normalized spacial score (nSPS) is 27.1. The first-order valence-corrected chi connectivity index (χ1v) is 12.7. The van der Waals surface area contributed by atoms with Gasteiger partial charge in [-0.15, -0.1) is 0 Å². The number of rotatable bonds is 6. The van der Waals surface area contributed by atoms with Crippen molar-refractivity contribution in [1.29, 1.82) is 0 Å². The molecule has 4 aliphatic rings. The zero-order chi connectivity index (χ0) is 23.7. The van der Waals surface area contributed by atoms with Gasteiger partial charge in [-0.2, -0.15) is 0 Å². The van der Waals surface area contributed by atoms with Crippen LogP contribution in [0.1, 0.15) is 68.1 Å². The summed E-state index contributed by atoms with van der Waals surface area (Å²) < 4.78 is 12.3. The number of hydrogen-bond donors (Lipinski definition) is 2. The zero-order valence-electron chi connectivity index (χ0n) is 19.9. The fraction of sp³-hybridized carbons (Fsp3) is 0.654. The number of anilines is 1. The molecular weight excluding hydrogens is 434 g/mol. The molecule has 0 unspecified atom stereocenters. The predicted molar refractivity (Wildman–Crippen MR) is 127 cm³/mol. The van der Waals surface area contributed by atoms with Crippen LogP contribution in [0.5, 0.6) is 5.75 Å². The van der Waals surface area contributed by atoms with Gasteiger partial charge in [0, 0.05) is 25.2 Å². The molecule has 0 aromatic heterocycles. The molecular formula is C26H35N3O5. The Kier molecular flexibility index (Phi) is 6.77. The van der Waals surface area contributed by atoms with Gasteiger partial charge in [-0.05, 0) is 62.6 Å². The Labute approximate surface area is 200 Å². The van der Waals surface area contributed by atoms with E-state index in [2.05, 4.69) is 10.6 Å². The van der Waals surface area contributed by atoms with E-state index in [9.17, 15) is 14.4 Å². The molecule has 5 rings (SSSR count). The fourth-order valence-electron chi connectivity index (χ4n) is 5.40. The second-order valence-corrected chi connectivity index (χ2v) is 10.3. The quantitative estimate of drug-likeness (QED) is 0.667. The van der Waals surface area contributed by atoms with Gasteiger partial charge in [0.15, 0.2) is 0 Å². The minimum absolute atomic E-state index is 0.0259. The summed E-state index contributed by atoms with van der Waals surface area (Å²) >= 11 is 0. The average Bonchev–Trinajstić information content (AvgIpc) is 3.50. The Morgan fingerprint density at radius 1 is 1.09 bits per heavy atom. The molecule has 0 bridgehead atoms. The molecule has 2 aliphatic carbocycles. The molecule has 2 saturated carbocycles. The van der Waals surface area contributed by atoms with Crippen molar-refractivity contribution in [3.8, 4) is 5.75 Å². The molecule has 3 fully saturated rings. The van der Waals surface area contributed by atoms with Crippen molar-refractivity contribution in [3.05, 3.63) is 23.8 Å². The van der Waals surface area contributed by atoms with E-state index in [4.69, 9.17) is 9.47 Å². The number of fused-ring (bicyclic) bond motifs is 2. The third-order valence-corrected chi connectivity index (χ3v) is 7.70. The molecule has 0 radical (unpaired) electrons. The van der Waals surface area contributed by atoms with Gasteiger partial charge in [0.2, 0.25) is 11.8 Å². The highest BCUT2D eigenvalue weighted by atomic mass is 16.5. The summed E-state index contributed by atoms with van der Waals surface area (Å²) in [6, 6.07) is 5.13. The minimum atomic E-state index is -0.293. The van der Waals surface area contributed by atoms with Crippen molar-refractivity contribution in [3.63, 3.8) is 0 Å². The Bertz CT molecular complexity index is 940. The maximum atomic E-state index is 13.4. The summed E-state index contributed by atoms with van der Waals surface area (Å²) in [5, 5.41) is 5.99. The molecule has 2 aliphatic heterocycles. The van der Waals surface area contributed by atoms with Gasteiger partial charge < -0.3 is 25.0 Å². The lowest BCUT2D eigenvalue weighted by atomic mass is 9.94. The van der Waals surface area contributed by atoms with E-state index in [0.29, 0.717) is 35.9 Å². The van der Waals surface area contributed by atoms with Crippen molar-refractivity contribution in [1.82, 2.24) is 10.2 Å². The number of likely N-dealkylation sites (N-methyl/N-ethyl adjacent to an activating group) is 1. The number of amides is 3. The van der Waals surface area contributed by atoms with Crippen LogP contribution in [0, 0.1) is 11.8 Å². The summed E-state index contributed by atoms with van der Waals surface area (Å²) in [5.74, 6) is 1.10. The fourth-order valence-corrected chi connectivity index (χ4v) is 5.40. The molecule has 34 heavy (non-hydrogen) atoms. The van der Waals surface area contributed by atoms with E-state index >= 15 is 0 Å². The number of nitrogens with one attached hydrogen (secondary N) is 2. The van der Waals surface area contributed by atoms with Crippen LogP contribution in [0.2, 0.25) is 0 Å². The SMILES string of the molecule is CN1C(=O)c2cc(NC(=O)C3CCCC3)ccc2OC[C@H]2O[C@@H](CC(=O)NCC3CC3)CC[C@@H]21. The highest BCUT2D eigenvalue weighted by Gasteiger charge is 2.39. The monoisotopic (exact) mass is 469 g/mol. The van der Waals surface area contributed by atoms with E-state index in [1.165, 1.54) is 12.8 Å². The first-order valence-electron chi connectivity index (χ1n) is 12.7. The molecule has 2 N–H and O–H groups in total. The van der Waals surface area contributed by atoms with Gasteiger partial charge in [0.25, 0.3) is 5.91 Å². The van der Waals surface area contributed by atoms with Crippen molar-refractivity contribution in [2.24, 2.45) is 11.8 Å². The number of ether oxygens (including phenoxy) is 2. The number of carbonyl (C=O) groups excluding carboxylic acids is 3. The molecule has 0 spiro atoms. The molecule has 1 saturated heterocycles. The summed E-state index contributed by atoms with van der Waals surface area (Å²) in [5.41, 5.74) is 1.07. The topological polar surface area (TPSA) is 97.0 Å². The summed E-state index contributed by atoms with van der Waals surface area (Å²) in [6.07, 6.45) is 7.81. The largest absolute Gasteiger partial charge is 0.490 e. The smallest absolute Gasteiger partial charge is 0.257 e. The van der Waals surface area contributed by atoms with Crippen LogP contribution in [0.4, 0.5) is 5.69 Å². The summed E-state index contributed by atoms with van der Waals surface area (Å²) in [6.45, 7) is 1.07. The second kappa shape index (κ2) is 9.94. The Hall–Kier alpha value is -2.61. The highest BCUT2D eigenvalue weighted by Crippen LogP contribution is 2.33. The van der Waals surface area contributed by atoms with Crippen molar-refractivity contribution in [2.75, 3.05) is 25.5 Å². The van der Waals surface area contributed by atoms with Crippen molar-refractivity contribution < 1.29 is 23.9 Å². The molecule has 1 aromatic rings. The van der Waals surface area contributed by atoms with Crippen molar-refractivity contribution >= 4 is 23.4 Å². The summed E-state index contributed by atoms with van der Waals surface area (Å²) in [4.78, 5) is 39.9. The van der Waals surface area contributed by atoms with Crippen LogP contribution < -0.4 is 15.4 Å². The van der Waals surface area contributed by atoms with E-state index in [0.717, 1.165) is 45.1 Å². The van der Waals surface area contributed by atoms with Crippen LogP contribution in [0.3, 0.4) is 0 Å². The van der Waals surface area contributed by atoms with Crippen LogP contribution in [-0.4, -0.2) is 61.1 Å². The Morgan fingerprint density at radius 3 is 2.65 bits per heavy atom. The lowest BCUT2D eigenvalue weighted by molar-refractivity contribution is -0.134. The maximum absolute atomic E-state index is 13.4. The van der Waals surface area contributed by atoms with Gasteiger partial charge >= 0.3 is 0 Å². The molecule has 8 nitrogen and oxygen atoms in total. The number of hydrogen-bond acceptors (Lipinski definition) is 5. The predicted octanol–water partition coefficient (Wildman–Crippen LogP) is 3.11. The number of carbonyl (C=O) groups is 3. The Balaban J connectivity index is 1.23. The van der Waals surface area contributed by atoms with Crippen LogP contribution in [0.25, 0.3) is 0 Å². The molecule has 184 valence electrons. The number of benzene rings is 1. The zero-order valence-corrected chi connectivity index (χ0v) is 19.9. The maximum Gasteiger partial charge on any atom is 0.257 e. The molecule has 3 amide bonds. The molecule has 2 heterocycles. The van der Waals surface area contributed by atoms with Gasteiger partial charge in [-0.1, -0.05) is 12.8 Å². The number of nitrogens with zero attached hydrogens (tertiary/aromatic N) is 1. The molecule has 8 heteroatoms. The first kappa shape index (κ1) is 23.1. The second-order valence-electron chi connectivity index (χ2n) is 10.3. The lowest BCUT2D eigenvalue weighted by Crippen LogP contribution is -2.54. The van der Waals surface area contributed by atoms with E-state index < -0.39 is 0 Å².